The van der Waals surface area contributed by atoms with E-state index in [4.69, 9.17) is 10.5 Å². The Balaban J connectivity index is 1.53. The number of aromatic nitrogens is 2. The summed E-state index contributed by atoms with van der Waals surface area (Å²) in [4.78, 5) is 12.2. The topological polar surface area (TPSA) is 106 Å². The summed E-state index contributed by atoms with van der Waals surface area (Å²) in [5, 5.41) is 16.7. The van der Waals surface area contributed by atoms with E-state index in [2.05, 4.69) is 16.5 Å². The van der Waals surface area contributed by atoms with E-state index in [1.165, 1.54) is 24.3 Å². The molecule has 154 valence electrons. The number of hydrogen-bond donors (Lipinski definition) is 2. The second kappa shape index (κ2) is 9.56. The van der Waals surface area contributed by atoms with Crippen molar-refractivity contribution in [1.29, 1.82) is 5.26 Å². The van der Waals surface area contributed by atoms with Crippen molar-refractivity contribution in [2.75, 3.05) is 12.3 Å². The smallest absolute Gasteiger partial charge is 0.260 e. The molecule has 1 atom stereocenters. The molecule has 3 N–H and O–H groups in total. The third-order valence-electron chi connectivity index (χ3n) is 4.49. The Morgan fingerprint density at radius 2 is 1.97 bits per heavy atom. The summed E-state index contributed by atoms with van der Waals surface area (Å²) in [7, 11) is 0. The van der Waals surface area contributed by atoms with Gasteiger partial charge in [-0.3, -0.25) is 4.79 Å². The summed E-state index contributed by atoms with van der Waals surface area (Å²) in [6, 6.07) is 16.9. The molecular weight excluding hydrogens is 385 g/mol. The van der Waals surface area contributed by atoms with Gasteiger partial charge in [0.1, 0.15) is 29.0 Å². The van der Waals surface area contributed by atoms with Gasteiger partial charge in [-0.15, -0.1) is 0 Å². The number of para-hydroxylation sites is 1. The van der Waals surface area contributed by atoms with Gasteiger partial charge in [0.15, 0.2) is 6.10 Å². The number of nitrogens with one attached hydrogen (secondary N) is 1. The quantitative estimate of drug-likeness (QED) is 0.559. The molecule has 0 bridgehead atoms. The number of hydrogen-bond acceptors (Lipinski definition) is 5. The molecule has 0 aliphatic heterocycles. The standard InChI is InChI=1S/C22H22FN5O2/c1-15(30-18-11-9-16(23)10-12-18)22(29)26-13-5-8-20-19(14-24)21(25)28(27-20)17-6-3-2-4-7-17/h2-4,6-7,9-12,15H,5,8,13,25H2,1H3,(H,26,29). The second-order valence-electron chi connectivity index (χ2n) is 6.67. The van der Waals surface area contributed by atoms with Crippen molar-refractivity contribution in [1.82, 2.24) is 15.1 Å². The molecule has 3 rings (SSSR count). The number of ether oxygens (including phenoxy) is 1. The molecule has 1 aromatic heterocycles. The maximum atomic E-state index is 12.9. The van der Waals surface area contributed by atoms with Crippen molar-refractivity contribution in [3.05, 3.63) is 71.7 Å². The number of carbonyl (C=O) groups excluding carboxylic acids is 1. The van der Waals surface area contributed by atoms with Crippen molar-refractivity contribution in [2.45, 2.75) is 25.9 Å². The minimum atomic E-state index is -0.724. The van der Waals surface area contributed by atoms with Crippen LogP contribution in [-0.2, 0) is 11.2 Å². The zero-order valence-electron chi connectivity index (χ0n) is 16.5. The van der Waals surface area contributed by atoms with Crippen LogP contribution in [-0.4, -0.2) is 28.3 Å². The highest BCUT2D eigenvalue weighted by Crippen LogP contribution is 2.21. The van der Waals surface area contributed by atoms with Crippen LogP contribution in [0.1, 0.15) is 24.6 Å². The van der Waals surface area contributed by atoms with Crippen LogP contribution in [0.3, 0.4) is 0 Å². The van der Waals surface area contributed by atoms with Crippen LogP contribution >= 0.6 is 0 Å². The number of anilines is 1. The van der Waals surface area contributed by atoms with E-state index >= 15 is 0 Å². The van der Waals surface area contributed by atoms with Crippen molar-refractivity contribution in [3.8, 4) is 17.5 Å². The molecule has 8 heteroatoms. The van der Waals surface area contributed by atoms with Gasteiger partial charge in [0.05, 0.1) is 11.4 Å². The van der Waals surface area contributed by atoms with Crippen molar-refractivity contribution in [2.24, 2.45) is 0 Å². The molecule has 30 heavy (non-hydrogen) atoms. The van der Waals surface area contributed by atoms with Gasteiger partial charge in [0.2, 0.25) is 0 Å². The minimum Gasteiger partial charge on any atom is -0.481 e. The summed E-state index contributed by atoms with van der Waals surface area (Å²) in [6.07, 6.45) is 0.341. The van der Waals surface area contributed by atoms with Crippen LogP contribution in [0.5, 0.6) is 5.75 Å². The molecule has 2 aromatic carbocycles. The predicted molar refractivity (Wildman–Crippen MR) is 111 cm³/mol. The molecule has 0 saturated carbocycles. The number of carbonyl (C=O) groups is 1. The predicted octanol–water partition coefficient (Wildman–Crippen LogP) is 2.98. The Labute approximate surface area is 173 Å². The van der Waals surface area contributed by atoms with Gasteiger partial charge >= 0.3 is 0 Å². The van der Waals surface area contributed by atoms with Gasteiger partial charge in [-0.25, -0.2) is 9.07 Å². The number of rotatable bonds is 8. The van der Waals surface area contributed by atoms with E-state index in [1.54, 1.807) is 11.6 Å². The van der Waals surface area contributed by atoms with E-state index in [9.17, 15) is 14.4 Å². The van der Waals surface area contributed by atoms with Gasteiger partial charge in [-0.2, -0.15) is 10.4 Å². The molecule has 0 saturated heterocycles. The third-order valence-corrected chi connectivity index (χ3v) is 4.49. The molecule has 1 amide bonds. The van der Waals surface area contributed by atoms with E-state index in [-0.39, 0.29) is 11.7 Å². The Kier molecular flexibility index (Phi) is 6.65. The van der Waals surface area contributed by atoms with Crippen LogP contribution in [0.15, 0.2) is 54.6 Å². The highest BCUT2D eigenvalue weighted by molar-refractivity contribution is 5.80. The Morgan fingerprint density at radius 1 is 1.27 bits per heavy atom. The normalized spacial score (nSPS) is 11.5. The average Bonchev–Trinajstić information content (AvgIpc) is 3.08. The van der Waals surface area contributed by atoms with Gasteiger partial charge in [0, 0.05) is 6.54 Å². The maximum absolute atomic E-state index is 12.9. The SMILES string of the molecule is CC(Oc1ccc(F)cc1)C(=O)NCCCc1nn(-c2ccccc2)c(N)c1C#N. The molecule has 0 aliphatic carbocycles. The number of nitrogens with zero attached hydrogens (tertiary/aromatic N) is 3. The molecule has 0 fully saturated rings. The van der Waals surface area contributed by atoms with Gasteiger partial charge in [0.25, 0.3) is 5.91 Å². The Bertz CT molecular complexity index is 1040. The fraction of sp³-hybridized carbons (Fsp3) is 0.227. The van der Waals surface area contributed by atoms with Crippen LogP contribution in [0.25, 0.3) is 5.69 Å². The van der Waals surface area contributed by atoms with Gasteiger partial charge in [-0.1, -0.05) is 18.2 Å². The molecule has 0 spiro atoms. The zero-order valence-corrected chi connectivity index (χ0v) is 16.5. The fourth-order valence-corrected chi connectivity index (χ4v) is 2.92. The summed E-state index contributed by atoms with van der Waals surface area (Å²) in [5.74, 6) is 0.0596. The summed E-state index contributed by atoms with van der Waals surface area (Å²) >= 11 is 0. The molecule has 0 radical (unpaired) electrons. The first kappa shape index (κ1) is 20.9. The summed E-state index contributed by atoms with van der Waals surface area (Å²) < 4.78 is 20.0. The van der Waals surface area contributed by atoms with Gasteiger partial charge in [-0.05, 0) is 56.2 Å². The molecule has 7 nitrogen and oxygen atoms in total. The zero-order chi connectivity index (χ0) is 21.5. The van der Waals surface area contributed by atoms with Crippen molar-refractivity contribution < 1.29 is 13.9 Å². The molecule has 3 aromatic rings. The average molecular weight is 407 g/mol. The van der Waals surface area contributed by atoms with E-state index in [0.29, 0.717) is 42.2 Å². The lowest BCUT2D eigenvalue weighted by molar-refractivity contribution is -0.127. The van der Waals surface area contributed by atoms with Crippen LogP contribution < -0.4 is 15.8 Å². The number of halogens is 1. The van der Waals surface area contributed by atoms with Crippen LogP contribution in [0.2, 0.25) is 0 Å². The third kappa shape index (κ3) is 4.94. The summed E-state index contributed by atoms with van der Waals surface area (Å²) in [6.45, 7) is 2.01. The number of nitriles is 1. The Hall–Kier alpha value is -3.86. The first-order valence-electron chi connectivity index (χ1n) is 9.52. The lowest BCUT2D eigenvalue weighted by Gasteiger charge is -2.14. The first-order valence-corrected chi connectivity index (χ1v) is 9.52. The maximum Gasteiger partial charge on any atom is 0.260 e. The number of benzene rings is 2. The number of aryl methyl sites for hydroxylation is 1. The molecule has 1 unspecified atom stereocenters. The van der Waals surface area contributed by atoms with Crippen LogP contribution in [0, 0.1) is 17.1 Å². The lowest BCUT2D eigenvalue weighted by atomic mass is 10.1. The number of amides is 1. The number of nitrogens with two attached hydrogens (primary N) is 1. The first-order chi connectivity index (χ1) is 14.5. The van der Waals surface area contributed by atoms with Gasteiger partial charge < -0.3 is 15.8 Å². The summed E-state index contributed by atoms with van der Waals surface area (Å²) in [5.41, 5.74) is 7.80. The van der Waals surface area contributed by atoms with Crippen molar-refractivity contribution in [3.63, 3.8) is 0 Å². The lowest BCUT2D eigenvalue weighted by Crippen LogP contribution is -2.36. The highest BCUT2D eigenvalue weighted by atomic mass is 19.1. The molecule has 0 aliphatic rings. The largest absolute Gasteiger partial charge is 0.481 e. The van der Waals surface area contributed by atoms with Crippen molar-refractivity contribution >= 4 is 11.7 Å². The van der Waals surface area contributed by atoms with E-state index in [1.807, 2.05) is 30.3 Å². The van der Waals surface area contributed by atoms with E-state index < -0.39 is 6.10 Å². The highest BCUT2D eigenvalue weighted by Gasteiger charge is 2.17. The monoisotopic (exact) mass is 407 g/mol. The Morgan fingerprint density at radius 3 is 2.63 bits per heavy atom. The fourth-order valence-electron chi connectivity index (χ4n) is 2.92. The second-order valence-corrected chi connectivity index (χ2v) is 6.67. The molecular formula is C22H22FN5O2. The van der Waals surface area contributed by atoms with E-state index in [0.717, 1.165) is 5.69 Å². The van der Waals surface area contributed by atoms with Crippen LogP contribution in [0.4, 0.5) is 10.2 Å². The number of nitrogen functional groups attached to an aromatic ring is 1. The molecule has 1 heterocycles. The minimum absolute atomic E-state index is 0.283.